The molecule has 6 nitrogen and oxygen atoms in total. The highest BCUT2D eigenvalue weighted by molar-refractivity contribution is 5.94. The Bertz CT molecular complexity index is 949. The molecule has 1 fully saturated rings. The molecule has 0 spiro atoms. The number of amides is 1. The summed E-state index contributed by atoms with van der Waals surface area (Å²) in [7, 11) is 4.00. The third kappa shape index (κ3) is 4.31. The summed E-state index contributed by atoms with van der Waals surface area (Å²) in [4.78, 5) is 26.1. The fourth-order valence-electron chi connectivity index (χ4n) is 3.94. The summed E-state index contributed by atoms with van der Waals surface area (Å²) < 4.78 is 2.16. The maximum absolute atomic E-state index is 13.0. The monoisotopic (exact) mass is 389 g/mol. The number of anilines is 1. The van der Waals surface area contributed by atoms with Crippen LogP contribution in [0.1, 0.15) is 40.6 Å². The van der Waals surface area contributed by atoms with Gasteiger partial charge in [0, 0.05) is 62.9 Å². The van der Waals surface area contributed by atoms with Gasteiger partial charge in [0.2, 0.25) is 0 Å². The maximum Gasteiger partial charge on any atom is 0.253 e. The van der Waals surface area contributed by atoms with Crippen LogP contribution in [0.4, 0.5) is 5.69 Å². The quantitative estimate of drug-likeness (QED) is 0.671. The first-order chi connectivity index (χ1) is 14.1. The van der Waals surface area contributed by atoms with Crippen LogP contribution in [-0.4, -0.2) is 52.5 Å². The lowest BCUT2D eigenvalue weighted by molar-refractivity contribution is 0.0703. The zero-order valence-electron chi connectivity index (χ0n) is 17.0. The molecular weight excluding hydrogens is 362 g/mol. The normalized spacial score (nSPS) is 16.6. The molecule has 0 bridgehead atoms. The van der Waals surface area contributed by atoms with Crippen molar-refractivity contribution in [3.63, 3.8) is 0 Å². The maximum atomic E-state index is 13.0. The number of benzene rings is 1. The molecular formula is C23H27N5O. The van der Waals surface area contributed by atoms with Gasteiger partial charge in [0.1, 0.15) is 5.82 Å². The molecule has 0 radical (unpaired) electrons. The number of pyridine rings is 1. The van der Waals surface area contributed by atoms with E-state index >= 15 is 0 Å². The number of hydrogen-bond donors (Lipinski definition) is 0. The number of imidazole rings is 1. The second-order valence-corrected chi connectivity index (χ2v) is 7.77. The predicted molar refractivity (Wildman–Crippen MR) is 114 cm³/mol. The average Bonchev–Trinajstić information content (AvgIpc) is 3.22. The third-order valence-electron chi connectivity index (χ3n) is 5.51. The van der Waals surface area contributed by atoms with E-state index in [1.54, 1.807) is 0 Å². The van der Waals surface area contributed by atoms with Gasteiger partial charge in [-0.1, -0.05) is 6.07 Å². The predicted octanol–water partition coefficient (Wildman–Crippen LogP) is 3.41. The number of aromatic nitrogens is 3. The molecule has 1 atom stereocenters. The molecule has 0 N–H and O–H groups in total. The Hall–Kier alpha value is -3.15. The van der Waals surface area contributed by atoms with Crippen molar-refractivity contribution in [2.45, 2.75) is 25.3 Å². The van der Waals surface area contributed by atoms with Crippen molar-refractivity contribution in [3.8, 4) is 0 Å². The Labute approximate surface area is 171 Å². The minimum atomic E-state index is 0.0999. The van der Waals surface area contributed by atoms with Crippen molar-refractivity contribution >= 4 is 11.6 Å². The van der Waals surface area contributed by atoms with Crippen LogP contribution >= 0.6 is 0 Å². The van der Waals surface area contributed by atoms with Crippen LogP contribution in [0, 0.1) is 0 Å². The molecule has 1 aliphatic rings. The number of piperidine rings is 1. The molecule has 150 valence electrons. The fraction of sp³-hybridized carbons (Fsp3) is 0.348. The summed E-state index contributed by atoms with van der Waals surface area (Å²) >= 11 is 0. The summed E-state index contributed by atoms with van der Waals surface area (Å²) in [5, 5.41) is 0. The molecule has 2 aromatic heterocycles. The number of hydrogen-bond acceptors (Lipinski definition) is 4. The number of rotatable bonds is 5. The second kappa shape index (κ2) is 8.47. The van der Waals surface area contributed by atoms with Crippen LogP contribution in [0.25, 0.3) is 0 Å². The van der Waals surface area contributed by atoms with Gasteiger partial charge in [-0.25, -0.2) is 4.98 Å². The van der Waals surface area contributed by atoms with Gasteiger partial charge in [-0.3, -0.25) is 9.78 Å². The van der Waals surface area contributed by atoms with Crippen LogP contribution in [0.5, 0.6) is 0 Å². The van der Waals surface area contributed by atoms with Crippen molar-refractivity contribution < 1.29 is 4.79 Å². The smallest absolute Gasteiger partial charge is 0.253 e. The minimum absolute atomic E-state index is 0.0999. The zero-order valence-corrected chi connectivity index (χ0v) is 17.0. The molecule has 1 unspecified atom stereocenters. The van der Waals surface area contributed by atoms with E-state index in [0.717, 1.165) is 42.2 Å². The summed E-state index contributed by atoms with van der Waals surface area (Å²) in [6.07, 6.45) is 7.70. The van der Waals surface area contributed by atoms with Gasteiger partial charge >= 0.3 is 0 Å². The highest BCUT2D eigenvalue weighted by atomic mass is 16.2. The van der Waals surface area contributed by atoms with Crippen LogP contribution in [0.2, 0.25) is 0 Å². The Morgan fingerprint density at radius 1 is 1.10 bits per heavy atom. The van der Waals surface area contributed by atoms with Crippen LogP contribution in [0.15, 0.2) is 61.1 Å². The van der Waals surface area contributed by atoms with Crippen molar-refractivity contribution in [2.24, 2.45) is 0 Å². The number of likely N-dealkylation sites (tertiary alicyclic amines) is 1. The van der Waals surface area contributed by atoms with E-state index in [9.17, 15) is 4.79 Å². The van der Waals surface area contributed by atoms with Gasteiger partial charge in [0.15, 0.2) is 0 Å². The molecule has 1 saturated heterocycles. The second-order valence-electron chi connectivity index (χ2n) is 7.77. The van der Waals surface area contributed by atoms with Gasteiger partial charge in [0.05, 0.1) is 12.2 Å². The van der Waals surface area contributed by atoms with Crippen LogP contribution < -0.4 is 4.90 Å². The van der Waals surface area contributed by atoms with E-state index in [-0.39, 0.29) is 11.8 Å². The Kier molecular flexibility index (Phi) is 5.60. The Morgan fingerprint density at radius 2 is 1.93 bits per heavy atom. The molecule has 6 heteroatoms. The van der Waals surface area contributed by atoms with Crippen LogP contribution in [0.3, 0.4) is 0 Å². The first-order valence-corrected chi connectivity index (χ1v) is 10.1. The van der Waals surface area contributed by atoms with E-state index in [4.69, 9.17) is 0 Å². The van der Waals surface area contributed by atoms with E-state index in [1.807, 2.05) is 85.0 Å². The van der Waals surface area contributed by atoms with Crippen molar-refractivity contribution in [3.05, 3.63) is 78.1 Å². The highest BCUT2D eigenvalue weighted by Crippen LogP contribution is 2.27. The van der Waals surface area contributed by atoms with E-state index in [0.29, 0.717) is 13.1 Å². The Balaban J connectivity index is 1.47. The summed E-state index contributed by atoms with van der Waals surface area (Å²) in [5.41, 5.74) is 2.85. The Morgan fingerprint density at radius 3 is 2.66 bits per heavy atom. The SMILES string of the molecule is CN(C)c1ccc(C(=O)N2CCCC(c3nccn3Cc3ccccn3)C2)cc1. The zero-order chi connectivity index (χ0) is 20.2. The molecule has 1 aliphatic heterocycles. The average molecular weight is 390 g/mol. The van der Waals surface area contributed by atoms with Crippen molar-refractivity contribution in [1.29, 1.82) is 0 Å². The molecule has 3 heterocycles. The lowest BCUT2D eigenvalue weighted by Gasteiger charge is -2.33. The number of nitrogens with zero attached hydrogens (tertiary/aromatic N) is 5. The summed E-state index contributed by atoms with van der Waals surface area (Å²) in [6.45, 7) is 2.20. The standard InChI is InChI=1S/C23H27N5O/c1-26(2)21-10-8-18(9-11-21)23(29)28-14-5-6-19(16-28)22-25-13-15-27(22)17-20-7-3-4-12-24-20/h3-4,7-13,15,19H,5-6,14,16-17H2,1-2H3. The minimum Gasteiger partial charge on any atom is -0.378 e. The highest BCUT2D eigenvalue weighted by Gasteiger charge is 2.28. The van der Waals surface area contributed by atoms with Crippen molar-refractivity contribution in [2.75, 3.05) is 32.1 Å². The molecule has 1 amide bonds. The van der Waals surface area contributed by atoms with Gasteiger partial charge in [-0.2, -0.15) is 0 Å². The number of carbonyl (C=O) groups is 1. The lowest BCUT2D eigenvalue weighted by Crippen LogP contribution is -2.39. The van der Waals surface area contributed by atoms with E-state index in [2.05, 4.69) is 14.5 Å². The van der Waals surface area contributed by atoms with Gasteiger partial charge in [-0.15, -0.1) is 0 Å². The largest absolute Gasteiger partial charge is 0.378 e. The molecule has 0 saturated carbocycles. The van der Waals surface area contributed by atoms with Gasteiger partial charge < -0.3 is 14.4 Å². The summed E-state index contributed by atoms with van der Waals surface area (Å²) in [5.74, 6) is 1.38. The summed E-state index contributed by atoms with van der Waals surface area (Å²) in [6, 6.07) is 13.8. The number of carbonyl (C=O) groups excluding carboxylic acids is 1. The fourth-order valence-corrected chi connectivity index (χ4v) is 3.94. The first-order valence-electron chi connectivity index (χ1n) is 10.1. The molecule has 1 aromatic carbocycles. The third-order valence-corrected chi connectivity index (χ3v) is 5.51. The lowest BCUT2D eigenvalue weighted by atomic mass is 9.96. The van der Waals surface area contributed by atoms with E-state index < -0.39 is 0 Å². The van der Waals surface area contributed by atoms with E-state index in [1.165, 1.54) is 0 Å². The van der Waals surface area contributed by atoms with Crippen LogP contribution in [-0.2, 0) is 6.54 Å². The molecule has 29 heavy (non-hydrogen) atoms. The molecule has 3 aromatic rings. The topological polar surface area (TPSA) is 54.3 Å². The van der Waals surface area contributed by atoms with Gasteiger partial charge in [-0.05, 0) is 49.2 Å². The first kappa shape index (κ1) is 19.2. The van der Waals surface area contributed by atoms with Crippen molar-refractivity contribution in [1.82, 2.24) is 19.4 Å². The van der Waals surface area contributed by atoms with Gasteiger partial charge in [0.25, 0.3) is 5.91 Å². The molecule has 4 rings (SSSR count). The molecule has 0 aliphatic carbocycles.